The number of aromatic nitrogens is 2. The Labute approximate surface area is 97.2 Å². The highest BCUT2D eigenvalue weighted by Gasteiger charge is 2.27. The molecule has 1 aromatic rings. The van der Waals surface area contributed by atoms with Crippen molar-refractivity contribution in [3.8, 4) is 0 Å². The number of piperidine rings is 1. The van der Waals surface area contributed by atoms with Crippen LogP contribution >= 0.6 is 15.9 Å². The molecular formula is C10H14BrN3O. The molecule has 1 fully saturated rings. The number of carbonyl (C=O) groups excluding carboxylic acids is 1. The molecule has 0 saturated carbocycles. The van der Waals surface area contributed by atoms with Gasteiger partial charge in [-0.05, 0) is 18.4 Å². The molecule has 0 aromatic carbocycles. The molecule has 4 nitrogen and oxygen atoms in total. The monoisotopic (exact) mass is 271 g/mol. The van der Waals surface area contributed by atoms with Crippen molar-refractivity contribution in [2.75, 3.05) is 13.1 Å². The van der Waals surface area contributed by atoms with Crippen molar-refractivity contribution in [1.29, 1.82) is 0 Å². The second kappa shape index (κ2) is 4.35. The minimum absolute atomic E-state index is 0.0544. The van der Waals surface area contributed by atoms with Crippen LogP contribution in [0.25, 0.3) is 0 Å². The van der Waals surface area contributed by atoms with Crippen LogP contribution in [0.4, 0.5) is 0 Å². The normalized spacial score (nSPS) is 26.7. The molecular weight excluding hydrogens is 258 g/mol. The zero-order chi connectivity index (χ0) is 10.8. The first-order valence-corrected chi connectivity index (χ1v) is 6.03. The van der Waals surface area contributed by atoms with Gasteiger partial charge in [-0.2, -0.15) is 5.10 Å². The van der Waals surface area contributed by atoms with E-state index in [1.165, 1.54) is 0 Å². The maximum Gasteiger partial charge on any atom is 0.271 e. The van der Waals surface area contributed by atoms with Crippen LogP contribution in [0.3, 0.4) is 0 Å². The van der Waals surface area contributed by atoms with Crippen LogP contribution in [0, 0.1) is 5.92 Å². The van der Waals surface area contributed by atoms with Crippen LogP contribution in [0.2, 0.25) is 0 Å². The third-order valence-electron chi connectivity index (χ3n) is 2.82. The van der Waals surface area contributed by atoms with Gasteiger partial charge in [0.25, 0.3) is 5.91 Å². The zero-order valence-corrected chi connectivity index (χ0v) is 10.2. The molecule has 1 saturated heterocycles. The van der Waals surface area contributed by atoms with Gasteiger partial charge in [0.15, 0.2) is 0 Å². The molecule has 15 heavy (non-hydrogen) atoms. The van der Waals surface area contributed by atoms with E-state index in [1.54, 1.807) is 12.3 Å². The second-order valence-corrected chi connectivity index (χ2v) is 5.18. The van der Waals surface area contributed by atoms with Gasteiger partial charge in [-0.1, -0.05) is 22.9 Å². The topological polar surface area (TPSA) is 49.0 Å². The number of carbonyl (C=O) groups is 1. The van der Waals surface area contributed by atoms with Crippen LogP contribution in [0.15, 0.2) is 12.3 Å². The van der Waals surface area contributed by atoms with Crippen LogP contribution in [-0.2, 0) is 0 Å². The largest absolute Gasteiger partial charge is 0.337 e. The van der Waals surface area contributed by atoms with E-state index in [4.69, 9.17) is 0 Å². The van der Waals surface area contributed by atoms with Crippen LogP contribution in [0.1, 0.15) is 23.8 Å². The number of alkyl halides is 1. The summed E-state index contributed by atoms with van der Waals surface area (Å²) in [6, 6.07) is 1.72. The first-order chi connectivity index (χ1) is 7.18. The summed E-state index contributed by atoms with van der Waals surface area (Å²) < 4.78 is 0. The molecule has 2 atom stereocenters. The van der Waals surface area contributed by atoms with E-state index in [9.17, 15) is 4.79 Å². The zero-order valence-electron chi connectivity index (χ0n) is 8.61. The summed E-state index contributed by atoms with van der Waals surface area (Å²) in [6.07, 6.45) is 2.62. The molecule has 82 valence electrons. The Hall–Kier alpha value is -0.840. The number of halogens is 1. The van der Waals surface area contributed by atoms with E-state index in [0.717, 1.165) is 19.5 Å². The fraction of sp³-hybridized carbons (Fsp3) is 0.600. The molecule has 1 aromatic heterocycles. The molecule has 1 aliphatic rings. The number of hydrogen-bond acceptors (Lipinski definition) is 2. The average molecular weight is 272 g/mol. The summed E-state index contributed by atoms with van der Waals surface area (Å²) in [4.78, 5) is 14.4. The van der Waals surface area contributed by atoms with E-state index in [0.29, 0.717) is 16.4 Å². The highest BCUT2D eigenvalue weighted by molar-refractivity contribution is 9.09. The van der Waals surface area contributed by atoms with E-state index in [-0.39, 0.29) is 5.91 Å². The van der Waals surface area contributed by atoms with Gasteiger partial charge in [-0.25, -0.2) is 0 Å². The Bertz CT molecular complexity index is 338. The molecule has 5 heteroatoms. The first-order valence-electron chi connectivity index (χ1n) is 5.11. The van der Waals surface area contributed by atoms with Crippen molar-refractivity contribution in [3.05, 3.63) is 18.0 Å². The Morgan fingerprint density at radius 1 is 1.73 bits per heavy atom. The van der Waals surface area contributed by atoms with Crippen molar-refractivity contribution in [2.24, 2.45) is 5.92 Å². The highest BCUT2D eigenvalue weighted by Crippen LogP contribution is 2.24. The van der Waals surface area contributed by atoms with Gasteiger partial charge in [-0.3, -0.25) is 9.89 Å². The van der Waals surface area contributed by atoms with E-state index >= 15 is 0 Å². The van der Waals surface area contributed by atoms with Crippen LogP contribution in [-0.4, -0.2) is 38.9 Å². The van der Waals surface area contributed by atoms with Crippen molar-refractivity contribution in [1.82, 2.24) is 15.1 Å². The molecule has 0 aliphatic carbocycles. The average Bonchev–Trinajstić information content (AvgIpc) is 2.74. The van der Waals surface area contributed by atoms with Gasteiger partial charge >= 0.3 is 0 Å². The Kier molecular flexibility index (Phi) is 3.09. The van der Waals surface area contributed by atoms with Gasteiger partial charge in [0.05, 0.1) is 0 Å². The lowest BCUT2D eigenvalue weighted by molar-refractivity contribution is 0.0684. The van der Waals surface area contributed by atoms with Gasteiger partial charge in [0.1, 0.15) is 5.69 Å². The van der Waals surface area contributed by atoms with Crippen molar-refractivity contribution in [2.45, 2.75) is 18.2 Å². The predicted molar refractivity (Wildman–Crippen MR) is 61.0 cm³/mol. The van der Waals surface area contributed by atoms with E-state index in [2.05, 4.69) is 33.1 Å². The number of likely N-dealkylation sites (tertiary alicyclic amines) is 1. The lowest BCUT2D eigenvalue weighted by Crippen LogP contribution is -2.43. The first kappa shape index (κ1) is 10.7. The molecule has 0 radical (unpaired) electrons. The number of amides is 1. The number of H-pyrrole nitrogens is 1. The van der Waals surface area contributed by atoms with Crippen LogP contribution < -0.4 is 0 Å². The maximum atomic E-state index is 12.0. The molecule has 0 bridgehead atoms. The lowest BCUT2D eigenvalue weighted by Gasteiger charge is -2.34. The summed E-state index contributed by atoms with van der Waals surface area (Å²) >= 11 is 3.62. The quantitative estimate of drug-likeness (QED) is 0.790. The highest BCUT2D eigenvalue weighted by atomic mass is 79.9. The van der Waals surface area contributed by atoms with Crippen molar-refractivity contribution in [3.63, 3.8) is 0 Å². The lowest BCUT2D eigenvalue weighted by atomic mass is 10.00. The number of nitrogens with one attached hydrogen (secondary N) is 1. The fourth-order valence-electron chi connectivity index (χ4n) is 1.85. The Morgan fingerprint density at radius 3 is 3.13 bits per heavy atom. The van der Waals surface area contributed by atoms with Gasteiger partial charge in [0, 0.05) is 24.1 Å². The summed E-state index contributed by atoms with van der Waals surface area (Å²) in [7, 11) is 0. The van der Waals surface area contributed by atoms with Crippen LogP contribution in [0.5, 0.6) is 0 Å². The second-order valence-electron chi connectivity index (χ2n) is 4.00. The van der Waals surface area contributed by atoms with Gasteiger partial charge in [0.2, 0.25) is 0 Å². The van der Waals surface area contributed by atoms with E-state index < -0.39 is 0 Å². The van der Waals surface area contributed by atoms with Crippen molar-refractivity contribution < 1.29 is 4.79 Å². The summed E-state index contributed by atoms with van der Waals surface area (Å²) in [5, 5.41) is 6.50. The smallest absolute Gasteiger partial charge is 0.271 e. The Morgan fingerprint density at radius 2 is 2.53 bits per heavy atom. The van der Waals surface area contributed by atoms with Crippen molar-refractivity contribution >= 4 is 21.8 Å². The minimum Gasteiger partial charge on any atom is -0.337 e. The van der Waals surface area contributed by atoms with E-state index in [1.807, 2.05) is 4.90 Å². The third-order valence-corrected chi connectivity index (χ3v) is 4.18. The maximum absolute atomic E-state index is 12.0. The molecule has 0 spiro atoms. The van der Waals surface area contributed by atoms with Gasteiger partial charge < -0.3 is 4.90 Å². The van der Waals surface area contributed by atoms with Gasteiger partial charge in [-0.15, -0.1) is 0 Å². The molecule has 2 rings (SSSR count). The minimum atomic E-state index is 0.0544. The summed E-state index contributed by atoms with van der Waals surface area (Å²) in [6.45, 7) is 3.79. The summed E-state index contributed by atoms with van der Waals surface area (Å²) in [5.41, 5.74) is 0.579. The molecule has 1 N–H and O–H groups in total. The third kappa shape index (κ3) is 2.22. The Balaban J connectivity index is 2.03. The number of rotatable bonds is 1. The predicted octanol–water partition coefficient (Wildman–Crippen LogP) is 1.66. The fourth-order valence-corrected chi connectivity index (χ4v) is 2.22. The molecule has 1 amide bonds. The number of nitrogens with zero attached hydrogens (tertiary/aromatic N) is 2. The number of hydrogen-bond donors (Lipinski definition) is 1. The summed E-state index contributed by atoms with van der Waals surface area (Å²) in [5.74, 6) is 0.560. The molecule has 2 unspecified atom stereocenters. The molecule has 1 aliphatic heterocycles. The molecule has 2 heterocycles. The SMILES string of the molecule is CC1CN(C(=O)c2ccn[nH]2)CCC1Br. The number of aromatic amines is 1. The standard InChI is InChI=1S/C10H14BrN3O/c1-7-6-14(5-3-8(7)11)10(15)9-2-4-12-13-9/h2,4,7-8H,3,5-6H2,1H3,(H,12,13).